The summed E-state index contributed by atoms with van der Waals surface area (Å²) in [4.78, 5) is 2.18. The van der Waals surface area contributed by atoms with Crippen molar-refractivity contribution in [1.82, 2.24) is 4.90 Å². The summed E-state index contributed by atoms with van der Waals surface area (Å²) in [7, 11) is 0. The number of likely N-dealkylation sites (N-methyl/N-ethyl adjacent to an activating group) is 1. The molecular weight excluding hydrogens is 202 g/mol. The lowest BCUT2D eigenvalue weighted by atomic mass is 9.87. The number of hydrogen-bond acceptors (Lipinski definition) is 3. The Balaban J connectivity index is 4.06. The lowest BCUT2D eigenvalue weighted by Gasteiger charge is -2.31. The zero-order valence-corrected chi connectivity index (χ0v) is 11.7. The van der Waals surface area contributed by atoms with Crippen LogP contribution in [-0.2, 0) is 0 Å². The number of aliphatic hydroxyl groups is 2. The van der Waals surface area contributed by atoms with Gasteiger partial charge in [0.2, 0.25) is 0 Å². The van der Waals surface area contributed by atoms with Crippen molar-refractivity contribution in [1.29, 1.82) is 0 Å². The van der Waals surface area contributed by atoms with Gasteiger partial charge in [-0.3, -0.25) is 0 Å². The first-order chi connectivity index (χ1) is 7.06. The zero-order valence-electron chi connectivity index (χ0n) is 11.7. The van der Waals surface area contributed by atoms with Crippen LogP contribution in [0.3, 0.4) is 0 Å². The van der Waals surface area contributed by atoms with Gasteiger partial charge in [-0.25, -0.2) is 0 Å². The van der Waals surface area contributed by atoms with Gasteiger partial charge in [-0.1, -0.05) is 27.7 Å². The molecule has 0 spiro atoms. The molecule has 1 unspecified atom stereocenters. The summed E-state index contributed by atoms with van der Waals surface area (Å²) in [6.07, 6.45) is 0.469. The Morgan fingerprint density at radius 3 is 1.94 bits per heavy atom. The molecule has 3 nitrogen and oxygen atoms in total. The summed E-state index contributed by atoms with van der Waals surface area (Å²) < 4.78 is 0. The molecule has 0 aromatic heterocycles. The van der Waals surface area contributed by atoms with Crippen molar-refractivity contribution < 1.29 is 10.2 Å². The van der Waals surface area contributed by atoms with Gasteiger partial charge in [0.15, 0.2) is 0 Å². The van der Waals surface area contributed by atoms with Gasteiger partial charge >= 0.3 is 0 Å². The Kier molecular flexibility index (Phi) is 5.94. The molecule has 0 aliphatic carbocycles. The van der Waals surface area contributed by atoms with Crippen LogP contribution in [-0.4, -0.2) is 46.5 Å². The number of nitrogens with zero attached hydrogens (tertiary/aromatic N) is 1. The van der Waals surface area contributed by atoms with E-state index in [0.29, 0.717) is 6.54 Å². The lowest BCUT2D eigenvalue weighted by molar-refractivity contribution is 0.0172. The highest BCUT2D eigenvalue weighted by molar-refractivity contribution is 4.76. The maximum atomic E-state index is 9.94. The summed E-state index contributed by atoms with van der Waals surface area (Å²) in [6.45, 7) is 14.2. The van der Waals surface area contributed by atoms with Crippen molar-refractivity contribution >= 4 is 0 Å². The molecule has 1 atom stereocenters. The lowest BCUT2D eigenvalue weighted by Crippen LogP contribution is -2.40. The molecule has 16 heavy (non-hydrogen) atoms. The van der Waals surface area contributed by atoms with Crippen molar-refractivity contribution in [2.24, 2.45) is 5.41 Å². The fourth-order valence-electron chi connectivity index (χ4n) is 1.63. The number of aliphatic hydroxyl groups excluding tert-OH is 1. The van der Waals surface area contributed by atoms with Crippen LogP contribution in [0.4, 0.5) is 0 Å². The average Bonchev–Trinajstić information content (AvgIpc) is 2.08. The van der Waals surface area contributed by atoms with Gasteiger partial charge in [0, 0.05) is 13.1 Å². The minimum Gasteiger partial charge on any atom is -0.393 e. The highest BCUT2D eigenvalue weighted by atomic mass is 16.3. The molecule has 0 rings (SSSR count). The van der Waals surface area contributed by atoms with Crippen LogP contribution in [0.15, 0.2) is 0 Å². The molecule has 0 saturated carbocycles. The van der Waals surface area contributed by atoms with Crippen molar-refractivity contribution in [3.63, 3.8) is 0 Å². The second kappa shape index (κ2) is 5.99. The molecule has 0 bridgehead atoms. The summed E-state index contributed by atoms with van der Waals surface area (Å²) in [5.74, 6) is 0. The van der Waals surface area contributed by atoms with E-state index >= 15 is 0 Å². The van der Waals surface area contributed by atoms with Gasteiger partial charge in [-0.2, -0.15) is 0 Å². The summed E-state index contributed by atoms with van der Waals surface area (Å²) in [5, 5.41) is 19.7. The van der Waals surface area contributed by atoms with E-state index < -0.39 is 5.60 Å². The monoisotopic (exact) mass is 231 g/mol. The van der Waals surface area contributed by atoms with Crippen LogP contribution in [0.5, 0.6) is 0 Å². The maximum absolute atomic E-state index is 9.94. The zero-order chi connectivity index (χ0) is 13.0. The van der Waals surface area contributed by atoms with E-state index in [-0.39, 0.29) is 11.5 Å². The van der Waals surface area contributed by atoms with Gasteiger partial charge in [0.1, 0.15) is 0 Å². The Hall–Kier alpha value is -0.120. The third kappa shape index (κ3) is 7.20. The molecule has 0 saturated heterocycles. The van der Waals surface area contributed by atoms with Crippen molar-refractivity contribution in [2.45, 2.75) is 59.7 Å². The molecule has 3 heteroatoms. The molecule has 2 N–H and O–H groups in total. The van der Waals surface area contributed by atoms with E-state index in [9.17, 15) is 10.2 Å². The Labute approximate surface area is 100 Å². The molecular formula is C13H29NO2. The van der Waals surface area contributed by atoms with Crippen LogP contribution < -0.4 is 0 Å². The fraction of sp³-hybridized carbons (Fsp3) is 1.00. The first-order valence-corrected chi connectivity index (χ1v) is 6.19. The van der Waals surface area contributed by atoms with E-state index in [0.717, 1.165) is 19.5 Å². The first kappa shape index (κ1) is 15.9. The Bertz CT molecular complexity index is 191. The normalized spacial score (nSPS) is 15.6. The van der Waals surface area contributed by atoms with E-state index in [1.807, 2.05) is 34.6 Å². The second-order valence-electron chi connectivity index (χ2n) is 6.35. The van der Waals surface area contributed by atoms with E-state index in [1.54, 1.807) is 0 Å². The van der Waals surface area contributed by atoms with Crippen molar-refractivity contribution in [3.8, 4) is 0 Å². The van der Waals surface area contributed by atoms with Gasteiger partial charge < -0.3 is 15.1 Å². The molecule has 0 aliphatic heterocycles. The van der Waals surface area contributed by atoms with Crippen molar-refractivity contribution in [2.75, 3.05) is 19.6 Å². The van der Waals surface area contributed by atoms with Gasteiger partial charge in [-0.05, 0) is 32.2 Å². The second-order valence-corrected chi connectivity index (χ2v) is 6.35. The SMILES string of the molecule is CCN(CCC(O)C(C)(C)C)CC(C)(C)O. The standard InChI is InChI=1S/C13H29NO2/c1-7-14(10-13(5,6)16)9-8-11(15)12(2,3)4/h11,15-16H,7-10H2,1-6H3. The van der Waals surface area contributed by atoms with E-state index in [1.165, 1.54) is 0 Å². The predicted octanol–water partition coefficient (Wildman–Crippen LogP) is 1.88. The van der Waals surface area contributed by atoms with Gasteiger partial charge in [-0.15, -0.1) is 0 Å². The summed E-state index contributed by atoms with van der Waals surface area (Å²) in [6, 6.07) is 0. The number of hydrogen-bond donors (Lipinski definition) is 2. The predicted molar refractivity (Wildman–Crippen MR) is 68.5 cm³/mol. The van der Waals surface area contributed by atoms with Crippen LogP contribution in [0.1, 0.15) is 48.0 Å². The minimum atomic E-state index is -0.664. The molecule has 0 aromatic rings. The molecule has 0 radical (unpaired) electrons. The molecule has 0 aliphatic rings. The quantitative estimate of drug-likeness (QED) is 0.733. The van der Waals surface area contributed by atoms with Crippen LogP contribution in [0, 0.1) is 5.41 Å². The van der Waals surface area contributed by atoms with Gasteiger partial charge in [0.05, 0.1) is 11.7 Å². The Morgan fingerprint density at radius 1 is 1.12 bits per heavy atom. The first-order valence-electron chi connectivity index (χ1n) is 6.19. The highest BCUT2D eigenvalue weighted by Crippen LogP contribution is 2.21. The third-order valence-electron chi connectivity index (χ3n) is 2.78. The largest absolute Gasteiger partial charge is 0.393 e. The minimum absolute atomic E-state index is 0.0614. The highest BCUT2D eigenvalue weighted by Gasteiger charge is 2.23. The van der Waals surface area contributed by atoms with Crippen molar-refractivity contribution in [3.05, 3.63) is 0 Å². The Morgan fingerprint density at radius 2 is 1.62 bits per heavy atom. The number of rotatable bonds is 6. The summed E-state index contributed by atoms with van der Waals surface area (Å²) in [5.41, 5.74) is -0.725. The molecule has 0 heterocycles. The molecule has 0 amide bonds. The topological polar surface area (TPSA) is 43.7 Å². The smallest absolute Gasteiger partial charge is 0.0718 e. The summed E-state index contributed by atoms with van der Waals surface area (Å²) >= 11 is 0. The van der Waals surface area contributed by atoms with Gasteiger partial charge in [0.25, 0.3) is 0 Å². The molecule has 0 aromatic carbocycles. The average molecular weight is 231 g/mol. The molecule has 0 fully saturated rings. The van der Waals surface area contributed by atoms with E-state index in [2.05, 4.69) is 11.8 Å². The van der Waals surface area contributed by atoms with Crippen LogP contribution in [0.2, 0.25) is 0 Å². The van der Waals surface area contributed by atoms with Crippen LogP contribution >= 0.6 is 0 Å². The van der Waals surface area contributed by atoms with Crippen LogP contribution in [0.25, 0.3) is 0 Å². The van der Waals surface area contributed by atoms with E-state index in [4.69, 9.17) is 0 Å². The maximum Gasteiger partial charge on any atom is 0.0718 e. The third-order valence-corrected chi connectivity index (χ3v) is 2.78. The fourth-order valence-corrected chi connectivity index (χ4v) is 1.63. The molecule has 98 valence electrons.